The molecule has 0 amide bonds. The van der Waals surface area contributed by atoms with Gasteiger partial charge in [-0.2, -0.15) is 0 Å². The second-order valence-electron chi connectivity index (χ2n) is 1.27. The van der Waals surface area contributed by atoms with E-state index in [1.807, 2.05) is 0 Å². The van der Waals surface area contributed by atoms with Gasteiger partial charge in [0.25, 0.3) is 0 Å². The molecule has 8 heavy (non-hydrogen) atoms. The Labute approximate surface area is 46.7 Å². The highest BCUT2D eigenvalue weighted by Gasteiger charge is 2.07. The van der Waals surface area contributed by atoms with Crippen LogP contribution in [0.1, 0.15) is 6.92 Å². The van der Waals surface area contributed by atoms with Gasteiger partial charge in [0.05, 0.1) is 0 Å². The number of carbonyl (C=O) groups excluding carboxylic acids is 1. The minimum absolute atomic E-state index is 0.677. The first kappa shape index (κ1) is 7.39. The molecule has 1 atom stereocenters. The molecule has 4 nitrogen and oxygen atoms in total. The summed E-state index contributed by atoms with van der Waals surface area (Å²) in [6.07, 6.45) is -1.15. The number of hydrogen-bond donors (Lipinski definition) is 2. The molecule has 4 heteroatoms. The second kappa shape index (κ2) is 3.40. The third-order valence-electron chi connectivity index (χ3n) is 0.548. The summed E-state index contributed by atoms with van der Waals surface area (Å²) in [5.41, 5.74) is 0. The van der Waals surface area contributed by atoms with Crippen molar-refractivity contribution in [2.75, 3.05) is 6.79 Å². The number of ether oxygens (including phenoxy) is 1. The summed E-state index contributed by atoms with van der Waals surface area (Å²) >= 11 is 0. The number of aliphatic hydroxyl groups is 2. The fraction of sp³-hybridized carbons (Fsp3) is 0.750. The molecule has 0 saturated heterocycles. The molecule has 0 heterocycles. The van der Waals surface area contributed by atoms with Crippen molar-refractivity contribution in [3.63, 3.8) is 0 Å². The van der Waals surface area contributed by atoms with Crippen molar-refractivity contribution < 1.29 is 19.7 Å². The van der Waals surface area contributed by atoms with E-state index in [1.165, 1.54) is 6.92 Å². The van der Waals surface area contributed by atoms with E-state index in [0.29, 0.717) is 0 Å². The summed E-state index contributed by atoms with van der Waals surface area (Å²) in [5, 5.41) is 16.3. The quantitative estimate of drug-likeness (QED) is 0.357. The topological polar surface area (TPSA) is 66.8 Å². The molecule has 0 aliphatic rings. The Morgan fingerprint density at radius 2 is 2.38 bits per heavy atom. The standard InChI is InChI=1S/C4H8O4/c1-3(6)4(7)8-2-5/h3,5-6H,2H2,1H3/t3-/m1/s1. The van der Waals surface area contributed by atoms with Crippen LogP contribution in [0.5, 0.6) is 0 Å². The van der Waals surface area contributed by atoms with Crippen LogP contribution in [0.2, 0.25) is 0 Å². The average molecular weight is 120 g/mol. The highest BCUT2D eigenvalue weighted by molar-refractivity contribution is 5.73. The van der Waals surface area contributed by atoms with Crippen LogP contribution in [0, 0.1) is 0 Å². The zero-order valence-corrected chi connectivity index (χ0v) is 4.50. The molecular weight excluding hydrogens is 112 g/mol. The maximum Gasteiger partial charge on any atom is 0.336 e. The van der Waals surface area contributed by atoms with Gasteiger partial charge in [-0.05, 0) is 6.92 Å². The predicted molar refractivity (Wildman–Crippen MR) is 24.9 cm³/mol. The molecule has 0 aliphatic carbocycles. The van der Waals surface area contributed by atoms with E-state index in [4.69, 9.17) is 10.2 Å². The SMILES string of the molecule is C[C@@H](O)C(=O)OCO. The highest BCUT2D eigenvalue weighted by Crippen LogP contribution is 1.83. The number of aliphatic hydroxyl groups excluding tert-OH is 2. The number of hydrogen-bond acceptors (Lipinski definition) is 4. The van der Waals surface area contributed by atoms with Crippen molar-refractivity contribution in [1.82, 2.24) is 0 Å². The van der Waals surface area contributed by atoms with E-state index in [-0.39, 0.29) is 0 Å². The fourth-order valence-electron chi connectivity index (χ4n) is 0.184. The summed E-state index contributed by atoms with van der Waals surface area (Å²) in [4.78, 5) is 10.1. The van der Waals surface area contributed by atoms with Crippen molar-refractivity contribution >= 4 is 5.97 Å². The van der Waals surface area contributed by atoms with Gasteiger partial charge in [0.1, 0.15) is 6.10 Å². The molecule has 0 spiro atoms. The Balaban J connectivity index is 3.33. The molecule has 2 N–H and O–H groups in total. The molecule has 0 unspecified atom stereocenters. The van der Waals surface area contributed by atoms with Crippen LogP contribution in [0.15, 0.2) is 0 Å². The van der Waals surface area contributed by atoms with Crippen molar-refractivity contribution in [2.24, 2.45) is 0 Å². The Morgan fingerprint density at radius 1 is 1.88 bits per heavy atom. The van der Waals surface area contributed by atoms with Gasteiger partial charge in [0.15, 0.2) is 6.79 Å². The third kappa shape index (κ3) is 2.54. The molecule has 0 aromatic heterocycles. The lowest BCUT2D eigenvalue weighted by Gasteiger charge is -2.00. The Bertz CT molecular complexity index is 78.1. The van der Waals surface area contributed by atoms with Crippen LogP contribution in [0.4, 0.5) is 0 Å². The second-order valence-corrected chi connectivity index (χ2v) is 1.27. The molecule has 0 aromatic rings. The van der Waals surface area contributed by atoms with Gasteiger partial charge in [-0.15, -0.1) is 0 Å². The Morgan fingerprint density at radius 3 is 2.50 bits per heavy atom. The van der Waals surface area contributed by atoms with Crippen LogP contribution in [-0.2, 0) is 9.53 Å². The zero-order valence-electron chi connectivity index (χ0n) is 4.50. The molecule has 0 aliphatic heterocycles. The summed E-state index contributed by atoms with van der Waals surface area (Å²) in [7, 11) is 0. The van der Waals surface area contributed by atoms with E-state index >= 15 is 0 Å². The van der Waals surface area contributed by atoms with Crippen LogP contribution in [0.25, 0.3) is 0 Å². The normalized spacial score (nSPS) is 12.9. The maximum atomic E-state index is 10.1. The van der Waals surface area contributed by atoms with Crippen molar-refractivity contribution in [3.05, 3.63) is 0 Å². The Hall–Kier alpha value is -0.610. The van der Waals surface area contributed by atoms with Crippen molar-refractivity contribution in [3.8, 4) is 0 Å². The first-order valence-electron chi connectivity index (χ1n) is 2.14. The van der Waals surface area contributed by atoms with Gasteiger partial charge >= 0.3 is 5.97 Å². The molecule has 0 fully saturated rings. The largest absolute Gasteiger partial charge is 0.437 e. The number of esters is 1. The lowest BCUT2D eigenvalue weighted by Crippen LogP contribution is -2.19. The third-order valence-corrected chi connectivity index (χ3v) is 0.548. The minimum atomic E-state index is -1.15. The van der Waals surface area contributed by atoms with Gasteiger partial charge < -0.3 is 14.9 Å². The smallest absolute Gasteiger partial charge is 0.336 e. The first-order chi connectivity index (χ1) is 3.68. The first-order valence-corrected chi connectivity index (χ1v) is 2.14. The summed E-state index contributed by atoms with van der Waals surface area (Å²) in [6, 6.07) is 0. The monoisotopic (exact) mass is 120 g/mol. The Kier molecular flexibility index (Phi) is 3.14. The van der Waals surface area contributed by atoms with Crippen LogP contribution in [-0.4, -0.2) is 29.1 Å². The molecular formula is C4H8O4. The van der Waals surface area contributed by atoms with Gasteiger partial charge in [-0.3, -0.25) is 0 Å². The summed E-state index contributed by atoms with van der Waals surface area (Å²) in [6.45, 7) is 0.585. The van der Waals surface area contributed by atoms with Crippen LogP contribution < -0.4 is 0 Å². The highest BCUT2D eigenvalue weighted by atomic mass is 16.6. The lowest BCUT2D eigenvalue weighted by molar-refractivity contribution is -0.160. The maximum absolute atomic E-state index is 10.1. The van der Waals surface area contributed by atoms with Crippen molar-refractivity contribution in [1.29, 1.82) is 0 Å². The molecule has 48 valence electrons. The van der Waals surface area contributed by atoms with E-state index in [0.717, 1.165) is 0 Å². The molecule has 0 bridgehead atoms. The lowest BCUT2D eigenvalue weighted by atomic mass is 10.4. The number of rotatable bonds is 2. The van der Waals surface area contributed by atoms with E-state index in [2.05, 4.69) is 4.74 Å². The van der Waals surface area contributed by atoms with Gasteiger partial charge in [0, 0.05) is 0 Å². The number of carbonyl (C=O) groups is 1. The molecule has 0 rings (SSSR count). The molecule has 0 radical (unpaired) electrons. The average Bonchev–Trinajstić information content (AvgIpc) is 1.67. The molecule has 0 saturated carbocycles. The van der Waals surface area contributed by atoms with Crippen LogP contribution >= 0.6 is 0 Å². The van der Waals surface area contributed by atoms with Crippen molar-refractivity contribution in [2.45, 2.75) is 13.0 Å². The van der Waals surface area contributed by atoms with Gasteiger partial charge in [-0.1, -0.05) is 0 Å². The molecule has 0 aromatic carbocycles. The predicted octanol–water partition coefficient (Wildman–Crippen LogP) is -1.14. The van der Waals surface area contributed by atoms with E-state index in [1.54, 1.807) is 0 Å². The summed E-state index contributed by atoms with van der Waals surface area (Å²) < 4.78 is 3.97. The van der Waals surface area contributed by atoms with E-state index < -0.39 is 18.9 Å². The fourth-order valence-corrected chi connectivity index (χ4v) is 0.184. The zero-order chi connectivity index (χ0) is 6.57. The van der Waals surface area contributed by atoms with Crippen LogP contribution in [0.3, 0.4) is 0 Å². The van der Waals surface area contributed by atoms with E-state index in [9.17, 15) is 4.79 Å². The summed E-state index contributed by atoms with van der Waals surface area (Å²) in [5.74, 6) is -0.812. The minimum Gasteiger partial charge on any atom is -0.437 e. The van der Waals surface area contributed by atoms with Gasteiger partial charge in [0.2, 0.25) is 0 Å². The van der Waals surface area contributed by atoms with Gasteiger partial charge in [-0.25, -0.2) is 4.79 Å².